The van der Waals surface area contributed by atoms with E-state index in [1.165, 1.54) is 0 Å². The van der Waals surface area contributed by atoms with Crippen LogP contribution >= 0.6 is 23.6 Å². The summed E-state index contributed by atoms with van der Waals surface area (Å²) < 4.78 is 5.73. The van der Waals surface area contributed by atoms with Gasteiger partial charge in [-0.2, -0.15) is 0 Å². The number of anilines is 1. The molecule has 0 bridgehead atoms. The Bertz CT molecular complexity index is 1660. The number of aromatic amines is 1. The maximum Gasteiger partial charge on any atom is 0.284 e. The lowest BCUT2D eigenvalue weighted by atomic mass is 9.97. The molecule has 3 aromatic heterocycles. The summed E-state index contributed by atoms with van der Waals surface area (Å²) in [6, 6.07) is 17.8. The number of pyridine rings is 1. The summed E-state index contributed by atoms with van der Waals surface area (Å²) in [5.41, 5.74) is 9.39. The molecule has 5 aromatic rings. The number of nitrogens with one attached hydrogen (secondary N) is 2. The highest BCUT2D eigenvalue weighted by Gasteiger charge is 2.33. The molecule has 6 rings (SSSR count). The molecular weight excluding hydrogens is 528 g/mol. The lowest BCUT2D eigenvalue weighted by Gasteiger charge is -2.25. The molecule has 0 saturated heterocycles. The van der Waals surface area contributed by atoms with Gasteiger partial charge in [0.2, 0.25) is 11.8 Å². The van der Waals surface area contributed by atoms with Gasteiger partial charge in [-0.1, -0.05) is 30.3 Å². The summed E-state index contributed by atoms with van der Waals surface area (Å²) in [4.78, 5) is 25.0. The van der Waals surface area contributed by atoms with Gasteiger partial charge in [-0.25, -0.2) is 10.1 Å². The Labute approximate surface area is 234 Å². The van der Waals surface area contributed by atoms with E-state index in [-0.39, 0.29) is 10.7 Å². The molecule has 39 heavy (non-hydrogen) atoms. The highest BCUT2D eigenvalue weighted by atomic mass is 32.1. The number of rotatable bonds is 8. The molecule has 1 atom stereocenters. The van der Waals surface area contributed by atoms with Crippen LogP contribution in [-0.4, -0.2) is 38.7 Å². The number of aryl methyl sites for hydroxylation is 1. The zero-order chi connectivity index (χ0) is 26.8. The summed E-state index contributed by atoms with van der Waals surface area (Å²) in [6.45, 7) is 3.04. The molecule has 0 radical (unpaired) electrons. The number of amides is 1. The second kappa shape index (κ2) is 11.0. The third-order valence-corrected chi connectivity index (χ3v) is 7.67. The van der Waals surface area contributed by atoms with E-state index in [9.17, 15) is 4.79 Å². The zero-order valence-electron chi connectivity index (χ0n) is 21.3. The van der Waals surface area contributed by atoms with Crippen molar-refractivity contribution in [3.63, 3.8) is 0 Å². The van der Waals surface area contributed by atoms with Crippen molar-refractivity contribution < 1.29 is 9.21 Å². The van der Waals surface area contributed by atoms with Gasteiger partial charge in [-0.05, 0) is 78.5 Å². The molecule has 0 fully saturated rings. The Morgan fingerprint density at radius 1 is 1.18 bits per heavy atom. The average Bonchev–Trinajstić information content (AvgIpc) is 3.72. The van der Waals surface area contributed by atoms with Crippen molar-refractivity contribution in [2.24, 2.45) is 0 Å². The molecule has 0 spiro atoms. The maximum atomic E-state index is 14.2. The van der Waals surface area contributed by atoms with E-state index in [0.717, 1.165) is 44.9 Å². The number of hydrogen-bond donors (Lipinski definition) is 2. The minimum absolute atomic E-state index is 0.0183. The van der Waals surface area contributed by atoms with E-state index in [0.29, 0.717) is 31.8 Å². The first-order valence-electron chi connectivity index (χ1n) is 12.7. The summed E-state index contributed by atoms with van der Waals surface area (Å²) in [5, 5.41) is 12.5. The second-order valence-corrected chi connectivity index (χ2v) is 10.6. The average molecular weight is 555 g/mol. The quantitative estimate of drug-likeness (QED) is 0.244. The zero-order valence-corrected chi connectivity index (χ0v) is 22.9. The number of carbonyl (C=O) groups excluding carboxylic acids is 1. The summed E-state index contributed by atoms with van der Waals surface area (Å²) in [5.74, 6) is 0.436. The van der Waals surface area contributed by atoms with Gasteiger partial charge in [-0.3, -0.25) is 15.1 Å². The van der Waals surface area contributed by atoms with Crippen molar-refractivity contribution in [1.29, 1.82) is 0 Å². The van der Waals surface area contributed by atoms with Gasteiger partial charge in [0, 0.05) is 41.6 Å². The molecule has 1 aliphatic rings. The van der Waals surface area contributed by atoms with Crippen LogP contribution in [0.25, 0.3) is 22.6 Å². The number of fused-ring (bicyclic) bond motifs is 1. The molecule has 0 saturated carbocycles. The Morgan fingerprint density at radius 3 is 2.79 bits per heavy atom. The molecular formula is C29H26N6O2S2. The van der Waals surface area contributed by atoms with Crippen LogP contribution in [0, 0.1) is 11.8 Å². The molecule has 1 amide bonds. The first kappa shape index (κ1) is 25.3. The lowest BCUT2D eigenvalue weighted by Crippen LogP contribution is -2.47. The van der Waals surface area contributed by atoms with Crippen LogP contribution in [0.15, 0.2) is 76.1 Å². The predicted octanol–water partition coefficient (Wildman–Crippen LogP) is 5.52. The monoisotopic (exact) mass is 554 g/mol. The predicted molar refractivity (Wildman–Crippen MR) is 154 cm³/mol. The minimum Gasteiger partial charge on any atom is -0.409 e. The van der Waals surface area contributed by atoms with Crippen molar-refractivity contribution in [2.75, 3.05) is 11.4 Å². The number of benzene rings is 2. The normalized spacial score (nSPS) is 13.4. The molecule has 10 heteroatoms. The molecule has 1 aliphatic heterocycles. The number of hydrogen-bond acceptors (Lipinski definition) is 8. The van der Waals surface area contributed by atoms with Crippen molar-refractivity contribution >= 4 is 35.1 Å². The Kier molecular flexibility index (Phi) is 7.14. The van der Waals surface area contributed by atoms with E-state index < -0.39 is 6.04 Å². The maximum absolute atomic E-state index is 14.2. The van der Waals surface area contributed by atoms with Gasteiger partial charge >= 0.3 is 0 Å². The SMILES string of the molecule is Cc1cc(-c2cc(-c3n[nH]c(=S)o3)c3c(c2)N(C(=O)[C@H](Cc2ccccc2)NCc2cscn2)CC3)ccn1. The van der Waals surface area contributed by atoms with E-state index in [1.54, 1.807) is 23.0 Å². The number of carbonyl (C=O) groups is 1. The summed E-state index contributed by atoms with van der Waals surface area (Å²) in [6.07, 6.45) is 3.05. The van der Waals surface area contributed by atoms with Gasteiger partial charge in [0.05, 0.1) is 17.2 Å². The van der Waals surface area contributed by atoms with Crippen LogP contribution in [0.4, 0.5) is 5.69 Å². The van der Waals surface area contributed by atoms with Gasteiger partial charge in [-0.15, -0.1) is 16.4 Å². The number of aromatic nitrogens is 4. The fourth-order valence-corrected chi connectivity index (χ4v) is 5.68. The fourth-order valence-electron chi connectivity index (χ4n) is 5.00. The molecule has 0 aliphatic carbocycles. The van der Waals surface area contributed by atoms with E-state index in [4.69, 9.17) is 16.6 Å². The lowest BCUT2D eigenvalue weighted by molar-refractivity contribution is -0.120. The van der Waals surface area contributed by atoms with Crippen LogP contribution in [0.5, 0.6) is 0 Å². The van der Waals surface area contributed by atoms with Crippen LogP contribution in [0.2, 0.25) is 0 Å². The van der Waals surface area contributed by atoms with Crippen molar-refractivity contribution in [3.8, 4) is 22.6 Å². The first-order chi connectivity index (χ1) is 19.0. The minimum atomic E-state index is -0.426. The first-order valence-corrected chi connectivity index (χ1v) is 14.0. The van der Waals surface area contributed by atoms with Crippen LogP contribution < -0.4 is 10.2 Å². The molecule has 196 valence electrons. The standard InChI is InChI=1S/C29H26N6O2S2/c1-18-11-20(7-9-30-18)21-13-24(27-33-34-29(38)37-27)23-8-10-35(26(23)14-21)28(36)25(12-19-5-3-2-4-6-19)31-15-22-16-39-17-32-22/h2-7,9,11,13-14,16-17,25,31H,8,10,12,15H2,1H3,(H,34,38)/t25-/m0/s1. The van der Waals surface area contributed by atoms with E-state index in [2.05, 4.69) is 49.7 Å². The van der Waals surface area contributed by atoms with Gasteiger partial charge in [0.15, 0.2) is 0 Å². The van der Waals surface area contributed by atoms with E-state index >= 15 is 0 Å². The highest BCUT2D eigenvalue weighted by Crippen LogP contribution is 2.40. The Balaban J connectivity index is 1.39. The third-order valence-electron chi connectivity index (χ3n) is 6.86. The molecule has 2 N–H and O–H groups in total. The molecule has 0 unspecified atom stereocenters. The second-order valence-electron chi connectivity index (χ2n) is 9.47. The third kappa shape index (κ3) is 5.44. The number of thiazole rings is 1. The molecule has 2 aromatic carbocycles. The van der Waals surface area contributed by atoms with Crippen molar-refractivity contribution in [3.05, 3.63) is 99.0 Å². The fraction of sp³-hybridized carbons (Fsp3) is 0.207. The summed E-state index contributed by atoms with van der Waals surface area (Å²) in [7, 11) is 0. The highest BCUT2D eigenvalue weighted by molar-refractivity contribution is 7.71. The largest absolute Gasteiger partial charge is 0.409 e. The number of H-pyrrole nitrogens is 1. The molecule has 8 nitrogen and oxygen atoms in total. The van der Waals surface area contributed by atoms with Gasteiger partial charge in [0.1, 0.15) is 0 Å². The number of nitrogens with zero attached hydrogens (tertiary/aromatic N) is 4. The van der Waals surface area contributed by atoms with Crippen molar-refractivity contribution in [2.45, 2.75) is 32.4 Å². The Hall–Kier alpha value is -3.99. The van der Waals surface area contributed by atoms with Crippen molar-refractivity contribution in [1.82, 2.24) is 25.5 Å². The van der Waals surface area contributed by atoms with Crippen LogP contribution in [0.1, 0.15) is 22.5 Å². The smallest absolute Gasteiger partial charge is 0.284 e. The summed E-state index contributed by atoms with van der Waals surface area (Å²) >= 11 is 6.70. The van der Waals surface area contributed by atoms with Crippen LogP contribution in [0.3, 0.4) is 0 Å². The topological polar surface area (TPSA) is 99.9 Å². The van der Waals surface area contributed by atoms with Crippen LogP contribution in [-0.2, 0) is 24.2 Å². The van der Waals surface area contributed by atoms with Gasteiger partial charge in [0.25, 0.3) is 4.84 Å². The Morgan fingerprint density at radius 2 is 2.05 bits per heavy atom. The van der Waals surface area contributed by atoms with E-state index in [1.807, 2.05) is 47.5 Å². The van der Waals surface area contributed by atoms with Gasteiger partial charge < -0.3 is 9.32 Å². The molecule has 4 heterocycles.